The van der Waals surface area contributed by atoms with E-state index >= 15 is 0 Å². The van der Waals surface area contributed by atoms with Gasteiger partial charge in [-0.3, -0.25) is 0 Å². The van der Waals surface area contributed by atoms with Gasteiger partial charge in [-0.1, -0.05) is 11.1 Å². The van der Waals surface area contributed by atoms with Gasteiger partial charge >= 0.3 is 0 Å². The Balaban J connectivity index is 2.20. The van der Waals surface area contributed by atoms with Gasteiger partial charge in [0, 0.05) is 12.6 Å². The molecule has 0 fully saturated rings. The van der Waals surface area contributed by atoms with Crippen LogP contribution in [0.2, 0.25) is 0 Å². The highest BCUT2D eigenvalue weighted by Crippen LogP contribution is 2.29. The molecule has 0 bridgehead atoms. The molecule has 1 nitrogen and oxygen atoms in total. The van der Waals surface area contributed by atoms with Gasteiger partial charge in [-0.05, 0) is 32.6 Å². The van der Waals surface area contributed by atoms with E-state index in [-0.39, 0.29) is 0 Å². The van der Waals surface area contributed by atoms with E-state index in [1.165, 1.54) is 32.2 Å². The molecule has 0 aromatic carbocycles. The zero-order chi connectivity index (χ0) is 6.97. The van der Waals surface area contributed by atoms with Crippen molar-refractivity contribution in [3.63, 3.8) is 0 Å². The summed E-state index contributed by atoms with van der Waals surface area (Å²) < 4.78 is 0. The van der Waals surface area contributed by atoms with Gasteiger partial charge in [-0.2, -0.15) is 0 Å². The normalized spacial score (nSPS) is 32.7. The summed E-state index contributed by atoms with van der Waals surface area (Å²) in [4.78, 5) is 0. The topological polar surface area (TPSA) is 12.0 Å². The third-order valence-electron chi connectivity index (χ3n) is 2.77. The first-order valence-corrected chi connectivity index (χ1v) is 4.32. The molecule has 2 rings (SSSR count). The monoisotopic (exact) mass is 137 g/mol. The number of hydrogen-bond donors (Lipinski definition) is 1. The van der Waals surface area contributed by atoms with Crippen LogP contribution >= 0.6 is 0 Å². The Labute approximate surface area is 62.5 Å². The maximum absolute atomic E-state index is 3.49. The van der Waals surface area contributed by atoms with Gasteiger partial charge < -0.3 is 5.32 Å². The molecule has 1 atom stereocenters. The minimum atomic E-state index is 0.690. The summed E-state index contributed by atoms with van der Waals surface area (Å²) in [7, 11) is 0. The molecule has 1 heteroatoms. The van der Waals surface area contributed by atoms with E-state index in [4.69, 9.17) is 0 Å². The molecule has 1 aliphatic carbocycles. The van der Waals surface area contributed by atoms with Gasteiger partial charge in [-0.25, -0.2) is 0 Å². The van der Waals surface area contributed by atoms with E-state index < -0.39 is 0 Å². The zero-order valence-electron chi connectivity index (χ0n) is 6.61. The number of rotatable bonds is 0. The molecule has 56 valence electrons. The summed E-state index contributed by atoms with van der Waals surface area (Å²) in [5.74, 6) is 0. The summed E-state index contributed by atoms with van der Waals surface area (Å²) in [5, 5.41) is 3.49. The third-order valence-corrected chi connectivity index (χ3v) is 2.77. The fraction of sp³-hybridized carbons (Fsp3) is 0.778. The Kier molecular flexibility index (Phi) is 1.53. The van der Waals surface area contributed by atoms with Gasteiger partial charge in [0.2, 0.25) is 0 Å². The lowest BCUT2D eigenvalue weighted by molar-refractivity contribution is 0.645. The Hall–Kier alpha value is -0.300. The average molecular weight is 137 g/mol. The highest BCUT2D eigenvalue weighted by molar-refractivity contribution is 5.27. The first kappa shape index (κ1) is 6.41. The lowest BCUT2D eigenvalue weighted by atomic mass is 9.91. The van der Waals surface area contributed by atoms with Crippen molar-refractivity contribution < 1.29 is 0 Å². The van der Waals surface area contributed by atoms with E-state index in [1.807, 2.05) is 0 Å². The van der Waals surface area contributed by atoms with Crippen molar-refractivity contribution in [1.82, 2.24) is 5.32 Å². The van der Waals surface area contributed by atoms with Gasteiger partial charge in [-0.15, -0.1) is 0 Å². The van der Waals surface area contributed by atoms with Crippen LogP contribution in [0.1, 0.15) is 32.6 Å². The summed E-state index contributed by atoms with van der Waals surface area (Å²) in [6.45, 7) is 3.46. The summed E-state index contributed by atoms with van der Waals surface area (Å²) in [6, 6.07) is 0.690. The van der Waals surface area contributed by atoms with Crippen LogP contribution < -0.4 is 5.32 Å². The molecule has 1 heterocycles. The van der Waals surface area contributed by atoms with Gasteiger partial charge in [0.1, 0.15) is 0 Å². The molecular formula is C9H15N. The van der Waals surface area contributed by atoms with Gasteiger partial charge in [0.25, 0.3) is 0 Å². The van der Waals surface area contributed by atoms with Crippen LogP contribution in [-0.2, 0) is 0 Å². The average Bonchev–Trinajstić information content (AvgIpc) is 2.34. The Morgan fingerprint density at radius 2 is 2.10 bits per heavy atom. The minimum Gasteiger partial charge on any atom is -0.307 e. The molecule has 0 aromatic heterocycles. The SMILES string of the molecule is CC1NCC2=C1CCCC2. The van der Waals surface area contributed by atoms with E-state index in [1.54, 1.807) is 11.1 Å². The number of hydrogen-bond acceptors (Lipinski definition) is 1. The highest BCUT2D eigenvalue weighted by Gasteiger charge is 2.22. The molecule has 0 amide bonds. The lowest BCUT2D eigenvalue weighted by Gasteiger charge is -2.15. The second-order valence-electron chi connectivity index (χ2n) is 3.44. The van der Waals surface area contributed by atoms with Crippen molar-refractivity contribution in [2.45, 2.75) is 38.6 Å². The second kappa shape index (κ2) is 2.39. The van der Waals surface area contributed by atoms with Crippen molar-refractivity contribution in [2.75, 3.05) is 6.54 Å². The first-order valence-electron chi connectivity index (χ1n) is 4.32. The summed E-state index contributed by atoms with van der Waals surface area (Å²) in [5.41, 5.74) is 3.45. The predicted octanol–water partition coefficient (Wildman–Crippen LogP) is 1.85. The molecule has 1 N–H and O–H groups in total. The van der Waals surface area contributed by atoms with Crippen molar-refractivity contribution >= 4 is 0 Å². The molecule has 1 aliphatic heterocycles. The number of nitrogens with one attached hydrogen (secondary N) is 1. The molecule has 0 radical (unpaired) electrons. The molecule has 0 spiro atoms. The van der Waals surface area contributed by atoms with E-state index in [0.29, 0.717) is 6.04 Å². The molecular weight excluding hydrogens is 122 g/mol. The van der Waals surface area contributed by atoms with Crippen LogP contribution in [-0.4, -0.2) is 12.6 Å². The first-order chi connectivity index (χ1) is 4.88. The van der Waals surface area contributed by atoms with Crippen LogP contribution in [0.3, 0.4) is 0 Å². The van der Waals surface area contributed by atoms with Crippen molar-refractivity contribution in [3.8, 4) is 0 Å². The van der Waals surface area contributed by atoms with Gasteiger partial charge in [0.15, 0.2) is 0 Å². The Morgan fingerprint density at radius 3 is 2.90 bits per heavy atom. The van der Waals surface area contributed by atoms with Crippen molar-refractivity contribution in [1.29, 1.82) is 0 Å². The van der Waals surface area contributed by atoms with Gasteiger partial charge in [0.05, 0.1) is 0 Å². The van der Waals surface area contributed by atoms with Crippen molar-refractivity contribution in [3.05, 3.63) is 11.1 Å². The standard InChI is InChI=1S/C9H15N/c1-7-9-5-3-2-4-8(9)6-10-7/h7,10H,2-6H2,1H3. The Bertz CT molecular complexity index is 170. The molecule has 10 heavy (non-hydrogen) atoms. The minimum absolute atomic E-state index is 0.690. The molecule has 2 aliphatic rings. The maximum atomic E-state index is 3.49. The Morgan fingerprint density at radius 1 is 1.30 bits per heavy atom. The summed E-state index contributed by atoms with van der Waals surface area (Å²) >= 11 is 0. The van der Waals surface area contributed by atoms with Crippen LogP contribution in [0.15, 0.2) is 11.1 Å². The van der Waals surface area contributed by atoms with Crippen LogP contribution in [0.5, 0.6) is 0 Å². The zero-order valence-corrected chi connectivity index (χ0v) is 6.61. The van der Waals surface area contributed by atoms with Crippen LogP contribution in [0, 0.1) is 0 Å². The lowest BCUT2D eigenvalue weighted by Crippen LogP contribution is -2.20. The van der Waals surface area contributed by atoms with E-state index in [0.717, 1.165) is 0 Å². The fourth-order valence-corrected chi connectivity index (χ4v) is 2.12. The molecule has 0 saturated carbocycles. The van der Waals surface area contributed by atoms with E-state index in [9.17, 15) is 0 Å². The van der Waals surface area contributed by atoms with Crippen molar-refractivity contribution in [2.24, 2.45) is 0 Å². The quantitative estimate of drug-likeness (QED) is 0.502. The molecule has 0 aromatic rings. The van der Waals surface area contributed by atoms with Crippen LogP contribution in [0.4, 0.5) is 0 Å². The van der Waals surface area contributed by atoms with E-state index in [2.05, 4.69) is 12.2 Å². The van der Waals surface area contributed by atoms with Crippen LogP contribution in [0.25, 0.3) is 0 Å². The second-order valence-corrected chi connectivity index (χ2v) is 3.44. The summed E-state index contributed by atoms with van der Waals surface area (Å²) in [6.07, 6.45) is 5.58. The highest BCUT2D eigenvalue weighted by atomic mass is 14.9. The largest absolute Gasteiger partial charge is 0.307 e. The maximum Gasteiger partial charge on any atom is 0.0257 e. The predicted molar refractivity (Wildman–Crippen MR) is 43.0 cm³/mol. The molecule has 0 saturated heterocycles. The fourth-order valence-electron chi connectivity index (χ4n) is 2.12. The molecule has 1 unspecified atom stereocenters. The smallest absolute Gasteiger partial charge is 0.0257 e. The third kappa shape index (κ3) is 0.891.